The van der Waals surface area contributed by atoms with Gasteiger partial charge in [-0.3, -0.25) is 4.79 Å². The zero-order valence-electron chi connectivity index (χ0n) is 15.7. The lowest BCUT2D eigenvalue weighted by atomic mass is 9.98. The van der Waals surface area contributed by atoms with E-state index in [1.54, 1.807) is 0 Å². The second-order valence-corrected chi connectivity index (χ2v) is 8.00. The monoisotopic (exact) mass is 348 g/mol. The van der Waals surface area contributed by atoms with Crippen molar-refractivity contribution in [2.24, 2.45) is 17.8 Å². The molecular formula is C18H32N6O. The SMILES string of the molecule is CC(C)C(=O)NCC1CCCN(c2nnnn2CCCCC2CC2)C1. The van der Waals surface area contributed by atoms with Crippen LogP contribution in [0.2, 0.25) is 0 Å². The van der Waals surface area contributed by atoms with Crippen molar-refractivity contribution in [2.75, 3.05) is 24.5 Å². The summed E-state index contributed by atoms with van der Waals surface area (Å²) in [5.41, 5.74) is 0. The lowest BCUT2D eigenvalue weighted by molar-refractivity contribution is -0.124. The van der Waals surface area contributed by atoms with Gasteiger partial charge in [-0.25, -0.2) is 4.68 Å². The van der Waals surface area contributed by atoms with Crippen LogP contribution >= 0.6 is 0 Å². The molecule has 1 aliphatic carbocycles. The molecule has 1 aliphatic heterocycles. The second kappa shape index (κ2) is 8.63. The number of hydrogen-bond acceptors (Lipinski definition) is 5. The van der Waals surface area contributed by atoms with Crippen LogP contribution in [-0.2, 0) is 11.3 Å². The van der Waals surface area contributed by atoms with E-state index in [9.17, 15) is 4.79 Å². The van der Waals surface area contributed by atoms with Gasteiger partial charge < -0.3 is 10.2 Å². The molecule has 0 spiro atoms. The van der Waals surface area contributed by atoms with Gasteiger partial charge in [0.2, 0.25) is 11.9 Å². The Morgan fingerprint density at radius 1 is 1.24 bits per heavy atom. The van der Waals surface area contributed by atoms with Gasteiger partial charge in [-0.15, -0.1) is 0 Å². The molecule has 1 amide bonds. The Hall–Kier alpha value is -1.66. The summed E-state index contributed by atoms with van der Waals surface area (Å²) in [4.78, 5) is 14.1. The predicted octanol–water partition coefficient (Wildman–Crippen LogP) is 2.24. The zero-order valence-corrected chi connectivity index (χ0v) is 15.7. The normalized spacial score (nSPS) is 20.9. The van der Waals surface area contributed by atoms with Crippen LogP contribution in [0.5, 0.6) is 0 Å². The molecule has 3 rings (SSSR count). The second-order valence-electron chi connectivity index (χ2n) is 8.00. The number of nitrogens with zero attached hydrogens (tertiary/aromatic N) is 5. The van der Waals surface area contributed by atoms with Gasteiger partial charge in [-0.1, -0.05) is 44.6 Å². The molecule has 25 heavy (non-hydrogen) atoms. The van der Waals surface area contributed by atoms with E-state index >= 15 is 0 Å². The van der Waals surface area contributed by atoms with Crippen molar-refractivity contribution in [3.05, 3.63) is 0 Å². The van der Waals surface area contributed by atoms with Gasteiger partial charge in [0.25, 0.3) is 0 Å². The Bertz CT molecular complexity index is 554. The van der Waals surface area contributed by atoms with Crippen molar-refractivity contribution < 1.29 is 4.79 Å². The molecule has 140 valence electrons. The first-order valence-electron chi connectivity index (χ1n) is 9.92. The fourth-order valence-electron chi connectivity index (χ4n) is 3.53. The van der Waals surface area contributed by atoms with Crippen LogP contribution in [0, 0.1) is 17.8 Å². The van der Waals surface area contributed by atoms with Crippen molar-refractivity contribution in [2.45, 2.75) is 65.3 Å². The van der Waals surface area contributed by atoms with Gasteiger partial charge in [-0.05, 0) is 41.5 Å². The summed E-state index contributed by atoms with van der Waals surface area (Å²) in [6, 6.07) is 0. The Morgan fingerprint density at radius 2 is 2.08 bits per heavy atom. The van der Waals surface area contributed by atoms with Gasteiger partial charge >= 0.3 is 0 Å². The Kier molecular flexibility index (Phi) is 6.26. The summed E-state index contributed by atoms with van der Waals surface area (Å²) in [7, 11) is 0. The highest BCUT2D eigenvalue weighted by Gasteiger charge is 2.25. The van der Waals surface area contributed by atoms with Crippen molar-refractivity contribution in [3.8, 4) is 0 Å². The molecule has 1 atom stereocenters. The maximum absolute atomic E-state index is 11.8. The summed E-state index contributed by atoms with van der Waals surface area (Å²) in [5.74, 6) is 2.54. The van der Waals surface area contributed by atoms with E-state index < -0.39 is 0 Å². The number of carbonyl (C=O) groups excluding carboxylic acids is 1. The van der Waals surface area contributed by atoms with Crippen LogP contribution in [-0.4, -0.2) is 45.7 Å². The van der Waals surface area contributed by atoms with Gasteiger partial charge in [0, 0.05) is 32.1 Å². The predicted molar refractivity (Wildman–Crippen MR) is 97.2 cm³/mol. The number of hydrogen-bond donors (Lipinski definition) is 1. The first kappa shape index (κ1) is 18.1. The summed E-state index contributed by atoms with van der Waals surface area (Å²) < 4.78 is 1.96. The Balaban J connectivity index is 1.47. The average molecular weight is 348 g/mol. The molecule has 7 heteroatoms. The molecule has 0 radical (unpaired) electrons. The van der Waals surface area contributed by atoms with E-state index in [0.717, 1.165) is 57.3 Å². The number of rotatable bonds is 9. The maximum atomic E-state index is 11.8. The number of carbonyl (C=O) groups is 1. The van der Waals surface area contributed by atoms with E-state index in [1.165, 1.54) is 25.7 Å². The molecule has 2 heterocycles. The smallest absolute Gasteiger partial charge is 0.245 e. The number of anilines is 1. The minimum absolute atomic E-state index is 0.0441. The Labute approximate surface area is 150 Å². The molecule has 0 bridgehead atoms. The van der Waals surface area contributed by atoms with Gasteiger partial charge in [0.05, 0.1) is 0 Å². The van der Waals surface area contributed by atoms with Gasteiger partial charge in [0.1, 0.15) is 0 Å². The van der Waals surface area contributed by atoms with E-state index in [1.807, 2.05) is 18.5 Å². The van der Waals surface area contributed by atoms with Crippen LogP contribution in [0.25, 0.3) is 0 Å². The lowest BCUT2D eigenvalue weighted by Crippen LogP contribution is -2.42. The standard InChI is InChI=1S/C18H32N6O/c1-14(2)17(25)19-12-16-7-5-10-23(13-16)18-20-21-22-24(18)11-4-3-6-15-8-9-15/h14-16H,3-13H2,1-2H3,(H,19,25). The number of amides is 1. The van der Waals surface area contributed by atoms with E-state index in [4.69, 9.17) is 0 Å². The molecule has 1 unspecified atom stereocenters. The molecule has 1 aromatic rings. The number of unbranched alkanes of at least 4 members (excludes halogenated alkanes) is 1. The van der Waals surface area contributed by atoms with Crippen LogP contribution in [0.4, 0.5) is 5.95 Å². The van der Waals surface area contributed by atoms with Crippen molar-refractivity contribution in [1.29, 1.82) is 0 Å². The van der Waals surface area contributed by atoms with Crippen LogP contribution < -0.4 is 10.2 Å². The zero-order chi connectivity index (χ0) is 17.6. The molecule has 0 aromatic carbocycles. The maximum Gasteiger partial charge on any atom is 0.245 e. The highest BCUT2D eigenvalue weighted by atomic mass is 16.1. The van der Waals surface area contributed by atoms with Crippen molar-refractivity contribution in [1.82, 2.24) is 25.5 Å². The quantitative estimate of drug-likeness (QED) is 0.693. The molecule has 2 fully saturated rings. The van der Waals surface area contributed by atoms with Crippen LogP contribution in [0.3, 0.4) is 0 Å². The molecule has 1 N–H and O–H groups in total. The van der Waals surface area contributed by atoms with E-state index in [2.05, 4.69) is 25.7 Å². The number of aryl methyl sites for hydroxylation is 1. The van der Waals surface area contributed by atoms with Gasteiger partial charge in [0.15, 0.2) is 0 Å². The fraction of sp³-hybridized carbons (Fsp3) is 0.889. The van der Waals surface area contributed by atoms with Crippen LogP contribution in [0.1, 0.15) is 58.8 Å². The minimum atomic E-state index is 0.0441. The summed E-state index contributed by atoms with van der Waals surface area (Å²) in [6.45, 7) is 7.43. The number of piperidine rings is 1. The molecule has 1 saturated heterocycles. The number of nitrogens with one attached hydrogen (secondary N) is 1. The first-order chi connectivity index (χ1) is 12.1. The topological polar surface area (TPSA) is 75.9 Å². The van der Waals surface area contributed by atoms with Crippen molar-refractivity contribution >= 4 is 11.9 Å². The fourth-order valence-corrected chi connectivity index (χ4v) is 3.53. The first-order valence-corrected chi connectivity index (χ1v) is 9.92. The highest BCUT2D eigenvalue weighted by molar-refractivity contribution is 5.77. The van der Waals surface area contributed by atoms with Crippen molar-refractivity contribution in [3.63, 3.8) is 0 Å². The highest BCUT2D eigenvalue weighted by Crippen LogP contribution is 2.34. The molecule has 7 nitrogen and oxygen atoms in total. The summed E-state index contributed by atoms with van der Waals surface area (Å²) in [6.07, 6.45) is 8.91. The largest absolute Gasteiger partial charge is 0.356 e. The summed E-state index contributed by atoms with van der Waals surface area (Å²) >= 11 is 0. The average Bonchev–Trinajstić information content (AvgIpc) is 3.32. The van der Waals surface area contributed by atoms with Gasteiger partial charge in [-0.2, -0.15) is 0 Å². The number of aromatic nitrogens is 4. The lowest BCUT2D eigenvalue weighted by Gasteiger charge is -2.33. The third kappa shape index (κ3) is 5.41. The Morgan fingerprint density at radius 3 is 2.84 bits per heavy atom. The number of tetrazole rings is 1. The third-order valence-electron chi connectivity index (χ3n) is 5.33. The molecular weight excluding hydrogens is 316 g/mol. The minimum Gasteiger partial charge on any atom is -0.356 e. The summed E-state index contributed by atoms with van der Waals surface area (Å²) in [5, 5.41) is 15.4. The molecule has 1 saturated carbocycles. The third-order valence-corrected chi connectivity index (χ3v) is 5.33. The molecule has 2 aliphatic rings. The van der Waals surface area contributed by atoms with Crippen LogP contribution in [0.15, 0.2) is 0 Å². The van der Waals surface area contributed by atoms with E-state index in [0.29, 0.717) is 5.92 Å². The molecule has 1 aromatic heterocycles. The van der Waals surface area contributed by atoms with E-state index in [-0.39, 0.29) is 11.8 Å².